The molecule has 2 aromatic heterocycles. The minimum Gasteiger partial charge on any atom is -0.485 e. The van der Waals surface area contributed by atoms with Crippen molar-refractivity contribution in [2.75, 3.05) is 6.61 Å². The lowest BCUT2D eigenvalue weighted by Crippen LogP contribution is -2.12. The van der Waals surface area contributed by atoms with Crippen LogP contribution in [-0.2, 0) is 0 Å². The first-order valence-electron chi connectivity index (χ1n) is 6.96. The first-order valence-corrected chi connectivity index (χ1v) is 7.84. The SMILES string of the molecule is Cc1cc(C(=O)COc2ccccc2)c(C)n1-c1nccs1. The number of carbonyl (C=O) groups is 1. The van der Waals surface area contributed by atoms with Crippen LogP contribution in [0.4, 0.5) is 0 Å². The summed E-state index contributed by atoms with van der Waals surface area (Å²) in [6.07, 6.45) is 1.76. The van der Waals surface area contributed by atoms with Crippen molar-refractivity contribution < 1.29 is 9.53 Å². The highest BCUT2D eigenvalue weighted by atomic mass is 32.1. The molecule has 0 N–H and O–H groups in total. The maximum Gasteiger partial charge on any atom is 0.202 e. The van der Waals surface area contributed by atoms with Crippen molar-refractivity contribution in [2.24, 2.45) is 0 Å². The number of hydrogen-bond acceptors (Lipinski definition) is 4. The van der Waals surface area contributed by atoms with Gasteiger partial charge in [0.15, 0.2) is 11.7 Å². The Kier molecular flexibility index (Phi) is 4.06. The van der Waals surface area contributed by atoms with Gasteiger partial charge >= 0.3 is 0 Å². The van der Waals surface area contributed by atoms with Crippen molar-refractivity contribution in [1.82, 2.24) is 9.55 Å². The summed E-state index contributed by atoms with van der Waals surface area (Å²) in [6.45, 7) is 3.94. The highest BCUT2D eigenvalue weighted by Gasteiger charge is 2.18. The summed E-state index contributed by atoms with van der Waals surface area (Å²) in [7, 11) is 0. The van der Waals surface area contributed by atoms with E-state index in [1.165, 1.54) is 0 Å². The highest BCUT2D eigenvalue weighted by molar-refractivity contribution is 7.12. The van der Waals surface area contributed by atoms with Crippen LogP contribution >= 0.6 is 11.3 Å². The Labute approximate surface area is 133 Å². The second kappa shape index (κ2) is 6.15. The van der Waals surface area contributed by atoms with E-state index < -0.39 is 0 Å². The largest absolute Gasteiger partial charge is 0.485 e. The molecule has 0 atom stereocenters. The molecule has 0 spiro atoms. The van der Waals surface area contributed by atoms with Crippen LogP contribution in [0, 0.1) is 13.8 Å². The molecule has 5 heteroatoms. The maximum atomic E-state index is 12.4. The molecule has 0 aliphatic heterocycles. The Balaban J connectivity index is 1.80. The molecule has 0 aliphatic rings. The molecule has 3 rings (SSSR count). The third kappa shape index (κ3) is 2.80. The lowest BCUT2D eigenvalue weighted by atomic mass is 10.1. The average molecular weight is 312 g/mol. The predicted octanol–water partition coefficient (Wildman–Crippen LogP) is 3.81. The van der Waals surface area contributed by atoms with E-state index in [0.29, 0.717) is 11.3 Å². The summed E-state index contributed by atoms with van der Waals surface area (Å²) in [5.74, 6) is 0.671. The van der Waals surface area contributed by atoms with E-state index in [1.54, 1.807) is 17.5 Å². The van der Waals surface area contributed by atoms with Gasteiger partial charge < -0.3 is 4.74 Å². The third-order valence-electron chi connectivity index (χ3n) is 3.46. The number of aryl methyl sites for hydroxylation is 1. The molecule has 4 nitrogen and oxygen atoms in total. The van der Waals surface area contributed by atoms with Gasteiger partial charge in [-0.1, -0.05) is 18.2 Å². The number of benzene rings is 1. The number of carbonyl (C=O) groups excluding carboxylic acids is 1. The van der Waals surface area contributed by atoms with Crippen LogP contribution in [0.5, 0.6) is 5.75 Å². The molecule has 0 bridgehead atoms. The summed E-state index contributed by atoms with van der Waals surface area (Å²) in [5, 5.41) is 2.80. The van der Waals surface area contributed by atoms with E-state index in [1.807, 2.05) is 60.2 Å². The lowest BCUT2D eigenvalue weighted by Gasteiger charge is -2.07. The van der Waals surface area contributed by atoms with E-state index in [0.717, 1.165) is 16.5 Å². The van der Waals surface area contributed by atoms with Crippen LogP contribution in [0.15, 0.2) is 48.0 Å². The molecule has 3 aromatic rings. The summed E-state index contributed by atoms with van der Waals surface area (Å²) in [6, 6.07) is 11.3. The number of Topliss-reactive ketones (excluding diaryl/α,β-unsaturated/α-hetero) is 1. The fraction of sp³-hybridized carbons (Fsp3) is 0.176. The molecule has 0 radical (unpaired) electrons. The van der Waals surface area contributed by atoms with Crippen molar-refractivity contribution in [3.8, 4) is 10.9 Å². The van der Waals surface area contributed by atoms with Crippen LogP contribution in [0.25, 0.3) is 5.13 Å². The molecule has 0 saturated heterocycles. The number of ketones is 1. The van der Waals surface area contributed by atoms with Gasteiger partial charge in [0.1, 0.15) is 5.75 Å². The normalized spacial score (nSPS) is 10.6. The Hall–Kier alpha value is -2.40. The summed E-state index contributed by atoms with van der Waals surface area (Å²) < 4.78 is 7.55. The van der Waals surface area contributed by atoms with Crippen molar-refractivity contribution in [3.05, 3.63) is 64.9 Å². The van der Waals surface area contributed by atoms with Gasteiger partial charge in [0.25, 0.3) is 0 Å². The monoisotopic (exact) mass is 312 g/mol. The first-order chi connectivity index (χ1) is 10.7. The minimum absolute atomic E-state index is 0.0280. The zero-order valence-corrected chi connectivity index (χ0v) is 13.3. The average Bonchev–Trinajstić information content (AvgIpc) is 3.14. The maximum absolute atomic E-state index is 12.4. The van der Waals surface area contributed by atoms with Crippen LogP contribution in [0.3, 0.4) is 0 Å². The molecule has 0 aliphatic carbocycles. The number of ether oxygens (including phenoxy) is 1. The number of thiazole rings is 1. The zero-order chi connectivity index (χ0) is 15.5. The van der Waals surface area contributed by atoms with Crippen molar-refractivity contribution in [1.29, 1.82) is 0 Å². The molecule has 0 saturated carbocycles. The molecule has 112 valence electrons. The van der Waals surface area contributed by atoms with Crippen LogP contribution < -0.4 is 4.74 Å². The highest BCUT2D eigenvalue weighted by Crippen LogP contribution is 2.22. The molecular weight excluding hydrogens is 296 g/mol. The molecule has 2 heterocycles. The minimum atomic E-state index is -0.0280. The van der Waals surface area contributed by atoms with Gasteiger partial charge in [-0.15, -0.1) is 11.3 Å². The molecule has 0 amide bonds. The number of nitrogens with zero attached hydrogens (tertiary/aromatic N) is 2. The number of rotatable bonds is 5. The Morgan fingerprint density at radius 2 is 2.05 bits per heavy atom. The van der Waals surface area contributed by atoms with Crippen molar-refractivity contribution >= 4 is 17.1 Å². The number of hydrogen-bond donors (Lipinski definition) is 0. The number of para-hydroxylation sites is 1. The molecule has 0 unspecified atom stereocenters. The van der Waals surface area contributed by atoms with Crippen molar-refractivity contribution in [2.45, 2.75) is 13.8 Å². The van der Waals surface area contributed by atoms with E-state index in [2.05, 4.69) is 4.98 Å². The second-order valence-electron chi connectivity index (χ2n) is 4.96. The van der Waals surface area contributed by atoms with Crippen LogP contribution in [0.2, 0.25) is 0 Å². The second-order valence-corrected chi connectivity index (χ2v) is 5.83. The van der Waals surface area contributed by atoms with Gasteiger partial charge in [-0.3, -0.25) is 9.36 Å². The zero-order valence-electron chi connectivity index (χ0n) is 12.4. The van der Waals surface area contributed by atoms with Gasteiger partial charge in [0.05, 0.1) is 0 Å². The van der Waals surface area contributed by atoms with Gasteiger partial charge in [0.2, 0.25) is 5.78 Å². The first kappa shape index (κ1) is 14.5. The quantitative estimate of drug-likeness (QED) is 0.673. The Morgan fingerprint density at radius 3 is 2.73 bits per heavy atom. The number of aromatic nitrogens is 2. The molecule has 22 heavy (non-hydrogen) atoms. The van der Waals surface area contributed by atoms with Crippen molar-refractivity contribution in [3.63, 3.8) is 0 Å². The van der Waals surface area contributed by atoms with Gasteiger partial charge in [-0.25, -0.2) is 4.98 Å². The van der Waals surface area contributed by atoms with E-state index in [4.69, 9.17) is 4.74 Å². The summed E-state index contributed by atoms with van der Waals surface area (Å²) >= 11 is 1.55. The van der Waals surface area contributed by atoms with Gasteiger partial charge in [-0.2, -0.15) is 0 Å². The van der Waals surface area contributed by atoms with E-state index in [-0.39, 0.29) is 12.4 Å². The Morgan fingerprint density at radius 1 is 1.27 bits per heavy atom. The lowest BCUT2D eigenvalue weighted by molar-refractivity contribution is 0.0921. The Bertz CT molecular complexity index is 777. The van der Waals surface area contributed by atoms with E-state index in [9.17, 15) is 4.79 Å². The fourth-order valence-electron chi connectivity index (χ4n) is 2.41. The predicted molar refractivity (Wildman–Crippen MR) is 87.2 cm³/mol. The van der Waals surface area contributed by atoms with Gasteiger partial charge in [-0.05, 0) is 32.0 Å². The topological polar surface area (TPSA) is 44.1 Å². The van der Waals surface area contributed by atoms with Gasteiger partial charge in [0, 0.05) is 28.5 Å². The van der Waals surface area contributed by atoms with E-state index >= 15 is 0 Å². The smallest absolute Gasteiger partial charge is 0.202 e. The molecular formula is C17H16N2O2S. The summed E-state index contributed by atoms with van der Waals surface area (Å²) in [5.41, 5.74) is 2.58. The fourth-order valence-corrected chi connectivity index (χ4v) is 3.16. The van der Waals surface area contributed by atoms with Crippen LogP contribution in [0.1, 0.15) is 21.7 Å². The third-order valence-corrected chi connectivity index (χ3v) is 4.21. The molecule has 0 fully saturated rings. The standard InChI is InChI=1S/C17H16N2O2S/c1-12-10-15(13(2)19(12)17-18-8-9-22-17)16(20)11-21-14-6-4-3-5-7-14/h3-10H,11H2,1-2H3. The molecule has 1 aromatic carbocycles. The summed E-state index contributed by atoms with van der Waals surface area (Å²) in [4.78, 5) is 16.7. The van der Waals surface area contributed by atoms with Crippen LogP contribution in [-0.4, -0.2) is 21.9 Å².